The predicted octanol–water partition coefficient (Wildman–Crippen LogP) is 6.63. The van der Waals surface area contributed by atoms with Crippen molar-refractivity contribution in [3.8, 4) is 28.7 Å². The minimum atomic E-state index is -0.893. The second-order valence-electron chi connectivity index (χ2n) is 32.3. The third-order valence-corrected chi connectivity index (χ3v) is 23.0. The van der Waals surface area contributed by atoms with E-state index in [2.05, 4.69) is 75.6 Å². The molecule has 38 nitrogen and oxygen atoms in total. The van der Waals surface area contributed by atoms with Crippen molar-refractivity contribution < 1.29 is 126 Å². The number of ether oxygens (including phenoxy) is 9. The quantitative estimate of drug-likeness (QED) is 0.00631. The number of unbranched alkanes of at least 4 members (excludes halogenated alkanes) is 2. The molecule has 4 fully saturated rings. The average Bonchev–Trinajstić information content (AvgIpc) is 1.39. The number of aromatic nitrogens is 6. The number of phenolic OH excluding ortho intramolecular Hbond substituents is 2. The first kappa shape index (κ1) is 122. The van der Waals surface area contributed by atoms with Gasteiger partial charge in [-0.1, -0.05) is 144 Å². The number of nitrogens with one attached hydrogen (secondary N) is 3. The molecule has 0 radical (unpaired) electrons. The van der Waals surface area contributed by atoms with Crippen molar-refractivity contribution >= 4 is 92.0 Å². The first-order chi connectivity index (χ1) is 68.5. The standard InChI is InChI=1S/C32H37N7O4S.C18H24N6OS.C15H21NO4.C14H19NO4.C9H10O3.C8H8O3.C6H12ClNO.Li.2H2O/c40-29(22-24-7-2-1-3-8-24)33-28-14-13-26(35-36-28)10-4-5-12-31-37-38-32(44-31)34-30(41)23-25-9-6-11-27(21-25)43-20-17-39-15-18-42-19-16-39;19-14(8-4-5-9-17-23-24-18(21)26-17)10-11-15(20)22-16(25)12-13-6-2-1-3-7-13;1-18-15(17)12-13-3-2-4-14(11-13)20-10-7-16-5-8-19-9-6-16;16-14(17)11-12-2-1-3-13(10-12)19-9-6-15-4-7-18-8-5-15;1-12-9(11)6-7-3-2-4-8(10)5-7;9-7-3-1-2-6(4-7)5-8(10)11;7-1-2-8-3-5-9-6-4-8;;;/h1-3,6-9,11,13-14,21H,4-5,10,12,15-20,22-23H2,(H,33,36,40)(H,34,38,41);1-3,6-7,10-11H,4-5,8-9,12,19-20H2,(H2,21,24)(H,22,25);2-4,11H,5-10,12H2,1H3;1-3,10H,4-9,11H2,(H,16,17);2-5,10H,6H2,1H3;1-4,9H,5H2,(H,10,11);1-6H2;;2*1H2/q;;;;;;;+1;;/p-1/b;14-10-,15-11+;;;;;;;;. The van der Waals surface area contributed by atoms with E-state index in [1.807, 2.05) is 127 Å². The van der Waals surface area contributed by atoms with Gasteiger partial charge >= 0.3 is 42.7 Å². The Bertz CT molecular complexity index is 5390. The number of nitrogens with zero attached hydrogens (tertiary/aromatic N) is 10. The summed E-state index contributed by atoms with van der Waals surface area (Å²) in [4.78, 5) is 88.9. The number of nitrogens with two attached hydrogens (primary N) is 3. The number of aryl methyl sites for hydroxylation is 3. The van der Waals surface area contributed by atoms with E-state index in [9.17, 15) is 33.6 Å². The number of esters is 2. The van der Waals surface area contributed by atoms with E-state index in [0.29, 0.717) is 53.6 Å². The number of methoxy groups -OCH3 is 2. The van der Waals surface area contributed by atoms with Crippen molar-refractivity contribution in [1.82, 2.24) is 55.5 Å². The molecule has 4 saturated heterocycles. The third kappa shape index (κ3) is 54.7. The molecule has 144 heavy (non-hydrogen) atoms. The summed E-state index contributed by atoms with van der Waals surface area (Å²) in [6.45, 7) is 19.7. The topological polar surface area (TPSA) is 549 Å². The van der Waals surface area contributed by atoms with Gasteiger partial charge < -0.3 is 107 Å². The van der Waals surface area contributed by atoms with Crippen LogP contribution in [0.4, 0.5) is 16.1 Å². The van der Waals surface area contributed by atoms with Crippen LogP contribution in [0, 0.1) is 0 Å². The molecule has 0 saturated carbocycles. The molecule has 3 amide bonds. The number of nitrogen functional groups attached to an aromatic ring is 1. The smallest absolute Gasteiger partial charge is 0.870 e. The summed E-state index contributed by atoms with van der Waals surface area (Å²) >= 11 is 8.36. The van der Waals surface area contributed by atoms with E-state index in [1.54, 1.807) is 60.7 Å². The molecular weight excluding hydrogens is 1910 g/mol. The number of alkyl halides is 1. The van der Waals surface area contributed by atoms with Gasteiger partial charge in [-0.15, -0.1) is 37.1 Å². The van der Waals surface area contributed by atoms with Gasteiger partial charge in [-0.25, -0.2) is 0 Å². The molecule has 14 rings (SSSR count). The zero-order valence-corrected chi connectivity index (χ0v) is 84.3. The number of carboxylic acid groups (broad SMARTS) is 2. The van der Waals surface area contributed by atoms with Crippen LogP contribution in [0.2, 0.25) is 0 Å². The van der Waals surface area contributed by atoms with Crippen molar-refractivity contribution in [3.05, 3.63) is 272 Å². The van der Waals surface area contributed by atoms with Gasteiger partial charge in [-0.3, -0.25) is 53.2 Å². The molecule has 4 aliphatic heterocycles. The van der Waals surface area contributed by atoms with E-state index in [4.69, 9.17) is 82.4 Å². The van der Waals surface area contributed by atoms with Crippen LogP contribution < -0.4 is 66.2 Å². The van der Waals surface area contributed by atoms with Crippen molar-refractivity contribution in [2.75, 3.05) is 188 Å². The molecule has 7 heterocycles. The Hall–Kier alpha value is -12.6. The van der Waals surface area contributed by atoms with Crippen LogP contribution >= 0.6 is 34.3 Å². The monoisotopic (exact) mass is 2040 g/mol. The molecule has 7 aromatic carbocycles. The van der Waals surface area contributed by atoms with E-state index >= 15 is 0 Å². The molecule has 42 heteroatoms. The number of halogens is 1. The van der Waals surface area contributed by atoms with Crippen LogP contribution in [0.3, 0.4) is 0 Å². The molecule has 774 valence electrons. The molecular formula is C102H134ClLiN16O22S2. The minimum absolute atomic E-state index is 0. The Morgan fingerprint density at radius 3 is 1.23 bits per heavy atom. The normalized spacial score (nSPS) is 13.5. The van der Waals surface area contributed by atoms with Gasteiger partial charge in [0.1, 0.15) is 64.4 Å². The number of allylic oxidation sites excluding steroid dienone is 3. The third-order valence-electron chi connectivity index (χ3n) is 21.1. The molecule has 3 aromatic heterocycles. The number of phenols is 2. The number of carbonyl (C=O) groups excluding carboxylic acids is 5. The number of aliphatic carboxylic acids is 2. The van der Waals surface area contributed by atoms with Gasteiger partial charge in [-0.2, -0.15) is 5.10 Å². The van der Waals surface area contributed by atoms with Gasteiger partial charge in [0.2, 0.25) is 28.0 Å². The number of rotatable bonds is 42. The Morgan fingerprint density at radius 2 is 0.806 bits per heavy atom. The Balaban J connectivity index is 0.000000315. The fourth-order valence-electron chi connectivity index (χ4n) is 13.8. The number of morpholine rings is 4. The zero-order valence-electron chi connectivity index (χ0n) is 81.9. The summed E-state index contributed by atoms with van der Waals surface area (Å²) in [5, 5.41) is 70.7. The number of hydrogen-bond donors (Lipinski definition) is 10. The molecule has 0 bridgehead atoms. The van der Waals surface area contributed by atoms with E-state index < -0.39 is 11.9 Å². The Kier molecular flexibility index (Phi) is 61.5. The first-order valence-corrected chi connectivity index (χ1v) is 48.8. The zero-order chi connectivity index (χ0) is 101. The van der Waals surface area contributed by atoms with Crippen LogP contribution in [-0.2, 0) is 126 Å². The largest absolute Gasteiger partial charge is 1.00 e. The van der Waals surface area contributed by atoms with Crippen LogP contribution in [-0.4, -0.2) is 294 Å². The minimum Gasteiger partial charge on any atom is -0.870 e. The summed E-state index contributed by atoms with van der Waals surface area (Å²) in [6, 6.07) is 58.0. The predicted molar refractivity (Wildman–Crippen MR) is 546 cm³/mol. The summed E-state index contributed by atoms with van der Waals surface area (Å²) < 4.78 is 47.5. The van der Waals surface area contributed by atoms with Gasteiger partial charge in [0.05, 0.1) is 118 Å². The molecule has 16 N–H and O–H groups in total. The number of hydrogen-bond acceptors (Lipinski definition) is 34. The van der Waals surface area contributed by atoms with Crippen LogP contribution in [0.15, 0.2) is 218 Å². The number of carbonyl (C=O) groups is 7. The van der Waals surface area contributed by atoms with Crippen molar-refractivity contribution in [3.63, 3.8) is 0 Å². The molecule has 0 atom stereocenters. The number of aromatic hydroxyl groups is 2. The Labute approximate surface area is 865 Å². The van der Waals surface area contributed by atoms with E-state index in [1.165, 1.54) is 55.1 Å². The van der Waals surface area contributed by atoms with Gasteiger partial charge in [0.15, 0.2) is 5.82 Å². The van der Waals surface area contributed by atoms with Crippen LogP contribution in [0.1, 0.15) is 86.8 Å². The van der Waals surface area contributed by atoms with E-state index in [-0.39, 0.29) is 115 Å². The molecule has 0 aliphatic carbocycles. The van der Waals surface area contributed by atoms with Gasteiger partial charge in [0, 0.05) is 103 Å². The molecule has 10 aromatic rings. The maximum absolute atomic E-state index is 12.6. The summed E-state index contributed by atoms with van der Waals surface area (Å²) in [5.41, 5.74) is 24.7. The van der Waals surface area contributed by atoms with Crippen molar-refractivity contribution in [1.29, 1.82) is 0 Å². The molecule has 0 unspecified atom stereocenters. The average molecular weight is 2040 g/mol. The summed E-state index contributed by atoms with van der Waals surface area (Å²) in [6.07, 6.45) is 11.4. The van der Waals surface area contributed by atoms with Crippen molar-refractivity contribution in [2.45, 2.75) is 96.3 Å². The maximum atomic E-state index is 12.6. The summed E-state index contributed by atoms with van der Waals surface area (Å²) in [5.74, 6) is 1.31. The number of benzene rings is 7. The maximum Gasteiger partial charge on any atom is 1.00 e. The van der Waals surface area contributed by atoms with Crippen molar-refractivity contribution in [2.24, 2.45) is 11.5 Å². The Morgan fingerprint density at radius 1 is 0.424 bits per heavy atom. The van der Waals surface area contributed by atoms with Gasteiger partial charge in [-0.05, 0) is 162 Å². The van der Waals surface area contributed by atoms with Crippen LogP contribution in [0.25, 0.3) is 0 Å². The molecule has 4 aliphatic rings. The number of amides is 3. The SMILES string of the molecule is COC(=O)Cc1cccc(O)c1.COC(=O)Cc1cccc(OCCN2CCOCC2)c1.ClCCN1CCOCC1.N/C(=C\C=C(/N)NC(=O)Cc1ccccc1)CCCCc1nnc(N)s1.O.O=C(Cc1ccccc1)Nc1ccc(CCCCc2nnc(NC(=O)Cc3cccc(OCCN4CCOCC4)c3)s2)nn1.O=C(O)Cc1cccc(O)c1.O=C(O)Cc1cccc(OCCN2CCOCC2)c1.[Li+].[OH-]. The van der Waals surface area contributed by atoms with E-state index in [0.717, 1.165) is 255 Å². The second-order valence-corrected chi connectivity index (χ2v) is 34.9. The summed E-state index contributed by atoms with van der Waals surface area (Å²) in [7, 11) is 2.73. The fourth-order valence-corrected chi connectivity index (χ4v) is 15.5. The first-order valence-electron chi connectivity index (χ1n) is 46.6. The molecule has 0 spiro atoms. The van der Waals surface area contributed by atoms with Crippen LogP contribution in [0.5, 0.6) is 28.7 Å². The van der Waals surface area contributed by atoms with Gasteiger partial charge in [0.25, 0.3) is 0 Å². The number of anilines is 3. The number of carboxylic acids is 2. The fraction of sp³-hybridized carbons (Fsp3) is 0.402. The second kappa shape index (κ2) is 72.6.